The van der Waals surface area contributed by atoms with Crippen molar-refractivity contribution in [2.45, 2.75) is 24.8 Å². The molecule has 2 fully saturated rings. The summed E-state index contributed by atoms with van der Waals surface area (Å²) in [5.74, 6) is 2.20. The Morgan fingerprint density at radius 3 is 2.58 bits per heavy atom. The molecule has 2 aliphatic rings. The van der Waals surface area contributed by atoms with Crippen molar-refractivity contribution in [1.29, 1.82) is 5.26 Å². The van der Waals surface area contributed by atoms with Crippen LogP contribution in [0.15, 0.2) is 0 Å². The average Bonchev–Trinajstić information content (AvgIpc) is 2.76. The van der Waals surface area contributed by atoms with Crippen LogP contribution in [0.2, 0.25) is 0 Å². The molecule has 2 saturated heterocycles. The molecule has 2 rings (SSSR count). The molecule has 0 aliphatic carbocycles. The van der Waals surface area contributed by atoms with Crippen LogP contribution < -0.4 is 0 Å². The third kappa shape index (κ3) is 1.23. The summed E-state index contributed by atoms with van der Waals surface area (Å²) >= 11 is 1.93. The van der Waals surface area contributed by atoms with Gasteiger partial charge in [-0.25, -0.2) is 0 Å². The molecule has 0 N–H and O–H groups in total. The maximum Gasteiger partial charge on any atom is 0.119 e. The molecule has 0 aromatic carbocycles. The summed E-state index contributed by atoms with van der Waals surface area (Å²) in [4.78, 5) is 2.40. The minimum atomic E-state index is -0.0822. The van der Waals surface area contributed by atoms with E-state index in [2.05, 4.69) is 11.0 Å². The highest BCUT2D eigenvalue weighted by atomic mass is 32.2. The first-order chi connectivity index (χ1) is 5.87. The second-order valence-corrected chi connectivity index (χ2v) is 4.75. The Morgan fingerprint density at radius 2 is 2.08 bits per heavy atom. The van der Waals surface area contributed by atoms with Crippen LogP contribution in [0.3, 0.4) is 0 Å². The fraction of sp³-hybridized carbons (Fsp3) is 0.889. The van der Waals surface area contributed by atoms with Gasteiger partial charge in [0.05, 0.1) is 6.07 Å². The first-order valence-electron chi connectivity index (χ1n) is 4.61. The predicted molar refractivity (Wildman–Crippen MR) is 51.1 cm³/mol. The highest BCUT2D eigenvalue weighted by molar-refractivity contribution is 7.99. The molecule has 0 radical (unpaired) electrons. The van der Waals surface area contributed by atoms with Gasteiger partial charge in [0.15, 0.2) is 0 Å². The van der Waals surface area contributed by atoms with E-state index < -0.39 is 0 Å². The number of rotatable bonds is 1. The van der Waals surface area contributed by atoms with Crippen LogP contribution in [0.25, 0.3) is 0 Å². The van der Waals surface area contributed by atoms with Gasteiger partial charge in [-0.2, -0.15) is 17.0 Å². The normalized spacial score (nSPS) is 36.9. The van der Waals surface area contributed by atoms with Gasteiger partial charge in [-0.15, -0.1) is 0 Å². The highest BCUT2D eigenvalue weighted by Gasteiger charge is 2.41. The van der Waals surface area contributed by atoms with Gasteiger partial charge >= 0.3 is 0 Å². The lowest BCUT2D eigenvalue weighted by atomic mass is 9.99. The molecule has 66 valence electrons. The molecule has 3 heteroatoms. The number of nitrogens with zero attached hydrogens (tertiary/aromatic N) is 2. The van der Waals surface area contributed by atoms with Gasteiger partial charge in [0, 0.05) is 5.75 Å². The van der Waals surface area contributed by atoms with E-state index in [0.29, 0.717) is 0 Å². The SMILES string of the molecule is N#CC1(N2CCCC2)CCSC1. The fourth-order valence-corrected chi connectivity index (χ4v) is 3.46. The van der Waals surface area contributed by atoms with Crippen LogP contribution in [0.1, 0.15) is 19.3 Å². The summed E-state index contributed by atoms with van der Waals surface area (Å²) in [6.07, 6.45) is 3.65. The molecular formula is C9H14N2S. The summed E-state index contributed by atoms with van der Waals surface area (Å²) in [6.45, 7) is 2.29. The molecule has 0 amide bonds. The Kier molecular flexibility index (Phi) is 2.29. The van der Waals surface area contributed by atoms with Crippen LogP contribution >= 0.6 is 11.8 Å². The molecule has 0 aromatic heterocycles. The number of likely N-dealkylation sites (tertiary alicyclic amines) is 1. The van der Waals surface area contributed by atoms with Crippen molar-refractivity contribution in [3.8, 4) is 6.07 Å². The van der Waals surface area contributed by atoms with E-state index in [1.807, 2.05) is 11.8 Å². The molecule has 0 saturated carbocycles. The predicted octanol–water partition coefficient (Wildman–Crippen LogP) is 1.48. The van der Waals surface area contributed by atoms with Crippen LogP contribution in [0, 0.1) is 11.3 Å². The zero-order valence-corrected chi connectivity index (χ0v) is 8.07. The summed E-state index contributed by atoms with van der Waals surface area (Å²) in [6, 6.07) is 2.52. The van der Waals surface area contributed by atoms with Gasteiger partial charge < -0.3 is 0 Å². The minimum absolute atomic E-state index is 0.0822. The van der Waals surface area contributed by atoms with Crippen molar-refractivity contribution in [2.75, 3.05) is 24.6 Å². The van der Waals surface area contributed by atoms with E-state index in [0.717, 1.165) is 25.3 Å². The molecule has 0 spiro atoms. The maximum absolute atomic E-state index is 9.17. The standard InChI is InChI=1S/C9H14N2S/c10-7-9(3-6-12-8-9)11-4-1-2-5-11/h1-6,8H2. The smallest absolute Gasteiger partial charge is 0.119 e. The van der Waals surface area contributed by atoms with Crippen molar-refractivity contribution in [2.24, 2.45) is 0 Å². The number of thioether (sulfide) groups is 1. The third-order valence-corrected chi connectivity index (χ3v) is 4.09. The Balaban J connectivity index is 2.11. The second kappa shape index (κ2) is 3.27. The van der Waals surface area contributed by atoms with Gasteiger partial charge in [-0.1, -0.05) is 0 Å². The van der Waals surface area contributed by atoms with E-state index in [1.54, 1.807) is 0 Å². The van der Waals surface area contributed by atoms with E-state index in [4.69, 9.17) is 0 Å². The van der Waals surface area contributed by atoms with Crippen molar-refractivity contribution in [3.05, 3.63) is 0 Å². The largest absolute Gasteiger partial charge is 0.285 e. The quantitative estimate of drug-likeness (QED) is 0.614. The van der Waals surface area contributed by atoms with Crippen LogP contribution in [0.4, 0.5) is 0 Å². The summed E-state index contributed by atoms with van der Waals surface area (Å²) in [5.41, 5.74) is -0.0822. The van der Waals surface area contributed by atoms with E-state index in [9.17, 15) is 5.26 Å². The van der Waals surface area contributed by atoms with Crippen molar-refractivity contribution in [3.63, 3.8) is 0 Å². The van der Waals surface area contributed by atoms with E-state index in [1.165, 1.54) is 18.6 Å². The Bertz CT molecular complexity index is 197. The van der Waals surface area contributed by atoms with E-state index in [-0.39, 0.29) is 5.54 Å². The summed E-state index contributed by atoms with van der Waals surface area (Å²) in [7, 11) is 0. The maximum atomic E-state index is 9.17. The number of nitriles is 1. The number of hydrogen-bond acceptors (Lipinski definition) is 3. The Labute approximate surface area is 77.9 Å². The first-order valence-corrected chi connectivity index (χ1v) is 5.77. The molecule has 2 aliphatic heterocycles. The topological polar surface area (TPSA) is 27.0 Å². The zero-order valence-electron chi connectivity index (χ0n) is 7.25. The molecule has 1 atom stereocenters. The zero-order chi connectivity index (χ0) is 8.44. The van der Waals surface area contributed by atoms with Crippen molar-refractivity contribution >= 4 is 11.8 Å². The van der Waals surface area contributed by atoms with E-state index >= 15 is 0 Å². The van der Waals surface area contributed by atoms with Gasteiger partial charge in [0.2, 0.25) is 0 Å². The van der Waals surface area contributed by atoms with Gasteiger partial charge in [0.1, 0.15) is 5.54 Å². The third-order valence-electron chi connectivity index (χ3n) is 2.92. The fourth-order valence-electron chi connectivity index (χ4n) is 2.11. The molecule has 2 nitrogen and oxygen atoms in total. The lowest BCUT2D eigenvalue weighted by Crippen LogP contribution is -2.46. The van der Waals surface area contributed by atoms with Crippen molar-refractivity contribution in [1.82, 2.24) is 4.90 Å². The first kappa shape index (κ1) is 8.40. The molecule has 0 bridgehead atoms. The Hall–Kier alpha value is -0.200. The van der Waals surface area contributed by atoms with Crippen LogP contribution in [-0.2, 0) is 0 Å². The monoisotopic (exact) mass is 182 g/mol. The van der Waals surface area contributed by atoms with Crippen LogP contribution in [0.5, 0.6) is 0 Å². The van der Waals surface area contributed by atoms with Gasteiger partial charge in [-0.3, -0.25) is 4.90 Å². The summed E-state index contributed by atoms with van der Waals surface area (Å²) < 4.78 is 0. The highest BCUT2D eigenvalue weighted by Crippen LogP contribution is 2.34. The molecular weight excluding hydrogens is 168 g/mol. The van der Waals surface area contributed by atoms with Crippen LogP contribution in [-0.4, -0.2) is 35.0 Å². The summed E-state index contributed by atoms with van der Waals surface area (Å²) in [5, 5.41) is 9.17. The molecule has 0 aromatic rings. The lowest BCUT2D eigenvalue weighted by molar-refractivity contribution is 0.199. The lowest BCUT2D eigenvalue weighted by Gasteiger charge is -2.31. The number of hydrogen-bond donors (Lipinski definition) is 0. The minimum Gasteiger partial charge on any atom is -0.285 e. The Morgan fingerprint density at radius 1 is 1.33 bits per heavy atom. The van der Waals surface area contributed by atoms with Gasteiger partial charge in [0.25, 0.3) is 0 Å². The molecule has 12 heavy (non-hydrogen) atoms. The second-order valence-electron chi connectivity index (χ2n) is 3.64. The van der Waals surface area contributed by atoms with Gasteiger partial charge in [-0.05, 0) is 38.1 Å². The molecule has 2 heterocycles. The average molecular weight is 182 g/mol. The van der Waals surface area contributed by atoms with Crippen molar-refractivity contribution < 1.29 is 0 Å². The molecule has 1 unspecified atom stereocenters.